The fourth-order valence-electron chi connectivity index (χ4n) is 3.16. The van der Waals surface area contributed by atoms with E-state index in [1.165, 1.54) is 11.0 Å². The van der Waals surface area contributed by atoms with Crippen molar-refractivity contribution in [1.82, 2.24) is 5.32 Å². The largest absolute Gasteiger partial charge is 0.480 e. The maximum atomic E-state index is 12.8. The number of hydrogen-bond donors (Lipinski definition) is 2. The third kappa shape index (κ3) is 4.04. The molecule has 2 amide bonds. The van der Waals surface area contributed by atoms with E-state index in [0.717, 1.165) is 5.69 Å². The van der Waals surface area contributed by atoms with E-state index < -0.39 is 17.4 Å². The second-order valence-electron chi connectivity index (χ2n) is 6.73. The van der Waals surface area contributed by atoms with Crippen LogP contribution in [0, 0.1) is 0 Å². The first-order chi connectivity index (χ1) is 13.4. The van der Waals surface area contributed by atoms with Crippen LogP contribution in [0.3, 0.4) is 0 Å². The van der Waals surface area contributed by atoms with E-state index in [-0.39, 0.29) is 37.5 Å². The molecule has 0 bridgehead atoms. The highest BCUT2D eigenvalue weighted by molar-refractivity contribution is 6.07. The Morgan fingerprint density at radius 1 is 1.00 bits per heavy atom. The first-order valence-electron chi connectivity index (χ1n) is 9.00. The minimum absolute atomic E-state index is 0.198. The molecule has 146 valence electrons. The molecule has 0 radical (unpaired) electrons. The SMILES string of the molecule is CN(C(=O)c1cccc(C(=O)NC2(C(=O)O)CCOCC2)c1)c1ccccc1. The van der Waals surface area contributed by atoms with Crippen LogP contribution >= 0.6 is 0 Å². The van der Waals surface area contributed by atoms with Crippen molar-refractivity contribution in [1.29, 1.82) is 0 Å². The van der Waals surface area contributed by atoms with E-state index in [2.05, 4.69) is 5.32 Å². The first-order valence-corrected chi connectivity index (χ1v) is 9.00. The number of anilines is 1. The maximum Gasteiger partial charge on any atom is 0.329 e. The predicted octanol–water partition coefficient (Wildman–Crippen LogP) is 2.33. The third-order valence-corrected chi connectivity index (χ3v) is 4.93. The lowest BCUT2D eigenvalue weighted by molar-refractivity contribution is -0.148. The Hall–Kier alpha value is -3.19. The number of carboxylic acid groups (broad SMARTS) is 1. The van der Waals surface area contributed by atoms with Crippen LogP contribution in [0.1, 0.15) is 33.6 Å². The Morgan fingerprint density at radius 2 is 1.64 bits per heavy atom. The molecule has 0 aliphatic carbocycles. The van der Waals surface area contributed by atoms with Gasteiger partial charge in [0, 0.05) is 49.9 Å². The van der Waals surface area contributed by atoms with E-state index >= 15 is 0 Å². The van der Waals surface area contributed by atoms with E-state index in [9.17, 15) is 19.5 Å². The smallest absolute Gasteiger partial charge is 0.329 e. The summed E-state index contributed by atoms with van der Waals surface area (Å²) in [6.07, 6.45) is 0.396. The summed E-state index contributed by atoms with van der Waals surface area (Å²) in [7, 11) is 1.66. The summed E-state index contributed by atoms with van der Waals surface area (Å²) < 4.78 is 5.22. The summed E-state index contributed by atoms with van der Waals surface area (Å²) in [5.74, 6) is -1.87. The highest BCUT2D eigenvalue weighted by atomic mass is 16.5. The number of carbonyl (C=O) groups excluding carboxylic acids is 2. The van der Waals surface area contributed by atoms with Crippen LogP contribution in [-0.2, 0) is 9.53 Å². The van der Waals surface area contributed by atoms with Gasteiger partial charge in [0.05, 0.1) is 0 Å². The molecule has 28 heavy (non-hydrogen) atoms. The van der Waals surface area contributed by atoms with Gasteiger partial charge in [-0.25, -0.2) is 4.79 Å². The molecule has 0 spiro atoms. The fraction of sp³-hybridized carbons (Fsp3) is 0.286. The molecule has 1 aliphatic rings. The molecule has 2 N–H and O–H groups in total. The van der Waals surface area contributed by atoms with Crippen molar-refractivity contribution in [3.63, 3.8) is 0 Å². The number of carboxylic acids is 1. The second-order valence-corrected chi connectivity index (χ2v) is 6.73. The first kappa shape index (κ1) is 19.6. The number of aliphatic carboxylic acids is 1. The van der Waals surface area contributed by atoms with Crippen LogP contribution in [0.25, 0.3) is 0 Å². The number of ether oxygens (including phenoxy) is 1. The van der Waals surface area contributed by atoms with Gasteiger partial charge in [0.2, 0.25) is 0 Å². The van der Waals surface area contributed by atoms with E-state index in [0.29, 0.717) is 5.56 Å². The Morgan fingerprint density at radius 3 is 2.29 bits per heavy atom. The molecule has 7 nitrogen and oxygen atoms in total. The van der Waals surface area contributed by atoms with Gasteiger partial charge in [-0.3, -0.25) is 9.59 Å². The number of rotatable bonds is 5. The molecule has 0 unspecified atom stereocenters. The molecule has 1 saturated heterocycles. The standard InChI is InChI=1S/C21H22N2O5/c1-23(17-8-3-2-4-9-17)19(25)16-7-5-6-15(14-16)18(24)22-21(20(26)27)10-12-28-13-11-21/h2-9,14H,10-13H2,1H3,(H,22,24)(H,26,27). The summed E-state index contributed by atoms with van der Waals surface area (Å²) in [6, 6.07) is 15.4. The van der Waals surface area contributed by atoms with Crippen LogP contribution in [0.4, 0.5) is 5.69 Å². The number of hydrogen-bond acceptors (Lipinski definition) is 4. The van der Waals surface area contributed by atoms with Gasteiger partial charge in [0.1, 0.15) is 5.54 Å². The fourth-order valence-corrected chi connectivity index (χ4v) is 3.16. The minimum atomic E-state index is -1.35. The van der Waals surface area contributed by atoms with Crippen molar-refractivity contribution in [3.05, 3.63) is 65.7 Å². The van der Waals surface area contributed by atoms with Crippen LogP contribution in [0.15, 0.2) is 54.6 Å². The Bertz CT molecular complexity index is 875. The van der Waals surface area contributed by atoms with E-state index in [1.807, 2.05) is 30.3 Å². The minimum Gasteiger partial charge on any atom is -0.480 e. The highest BCUT2D eigenvalue weighted by Crippen LogP contribution is 2.22. The zero-order chi connectivity index (χ0) is 20.1. The summed E-state index contributed by atoms with van der Waals surface area (Å²) in [5, 5.41) is 12.2. The quantitative estimate of drug-likeness (QED) is 0.827. The topological polar surface area (TPSA) is 95.9 Å². The van der Waals surface area contributed by atoms with Crippen molar-refractivity contribution < 1.29 is 24.2 Å². The molecule has 3 rings (SSSR count). The summed E-state index contributed by atoms with van der Waals surface area (Å²) in [4.78, 5) is 38.7. The Kier molecular flexibility index (Phi) is 5.75. The average molecular weight is 382 g/mol. The molecular weight excluding hydrogens is 360 g/mol. The molecule has 0 saturated carbocycles. The number of benzene rings is 2. The van der Waals surface area contributed by atoms with Gasteiger partial charge in [-0.15, -0.1) is 0 Å². The number of carbonyl (C=O) groups is 3. The van der Waals surface area contributed by atoms with Crippen LogP contribution in [-0.4, -0.2) is 48.7 Å². The molecule has 1 aliphatic heterocycles. The average Bonchev–Trinajstić information content (AvgIpc) is 2.74. The summed E-state index contributed by atoms with van der Waals surface area (Å²) >= 11 is 0. The highest BCUT2D eigenvalue weighted by Gasteiger charge is 2.41. The van der Waals surface area contributed by atoms with Crippen molar-refractivity contribution >= 4 is 23.5 Å². The lowest BCUT2D eigenvalue weighted by Crippen LogP contribution is -2.57. The number of para-hydroxylation sites is 1. The normalized spacial score (nSPS) is 15.5. The molecule has 2 aromatic carbocycles. The number of amides is 2. The maximum absolute atomic E-state index is 12.8. The molecule has 0 aromatic heterocycles. The molecular formula is C21H22N2O5. The molecule has 7 heteroatoms. The summed E-state index contributed by atoms with van der Waals surface area (Å²) in [6.45, 7) is 0.542. The third-order valence-electron chi connectivity index (χ3n) is 4.93. The molecule has 1 fully saturated rings. The van der Waals surface area contributed by atoms with Gasteiger partial charge in [0.25, 0.3) is 11.8 Å². The monoisotopic (exact) mass is 382 g/mol. The zero-order valence-corrected chi connectivity index (χ0v) is 15.6. The van der Waals surface area contributed by atoms with E-state index in [4.69, 9.17) is 4.74 Å². The van der Waals surface area contributed by atoms with Crippen LogP contribution in [0.2, 0.25) is 0 Å². The number of nitrogens with zero attached hydrogens (tertiary/aromatic N) is 1. The van der Waals surface area contributed by atoms with Gasteiger partial charge < -0.3 is 20.1 Å². The molecule has 1 heterocycles. The Balaban J connectivity index is 1.79. The van der Waals surface area contributed by atoms with Crippen molar-refractivity contribution in [2.45, 2.75) is 18.4 Å². The molecule has 0 atom stereocenters. The molecule has 2 aromatic rings. The van der Waals surface area contributed by atoms with Crippen LogP contribution in [0.5, 0.6) is 0 Å². The lowest BCUT2D eigenvalue weighted by Gasteiger charge is -2.33. The van der Waals surface area contributed by atoms with E-state index in [1.54, 1.807) is 25.2 Å². The summed E-state index contributed by atoms with van der Waals surface area (Å²) in [5.41, 5.74) is -0.0416. The van der Waals surface area contributed by atoms with Crippen LogP contribution < -0.4 is 10.2 Å². The zero-order valence-electron chi connectivity index (χ0n) is 15.6. The predicted molar refractivity (Wildman–Crippen MR) is 104 cm³/mol. The van der Waals surface area contributed by atoms with Gasteiger partial charge in [-0.1, -0.05) is 24.3 Å². The van der Waals surface area contributed by atoms with Crippen molar-refractivity contribution in [2.24, 2.45) is 0 Å². The van der Waals surface area contributed by atoms with Crippen molar-refractivity contribution in [2.75, 3.05) is 25.2 Å². The lowest BCUT2D eigenvalue weighted by atomic mass is 9.89. The Labute approximate surface area is 162 Å². The van der Waals surface area contributed by atoms with Crippen molar-refractivity contribution in [3.8, 4) is 0 Å². The van der Waals surface area contributed by atoms with Gasteiger partial charge in [-0.2, -0.15) is 0 Å². The van der Waals surface area contributed by atoms with Gasteiger partial charge in [-0.05, 0) is 30.3 Å². The van der Waals surface area contributed by atoms with Gasteiger partial charge >= 0.3 is 5.97 Å². The second kappa shape index (κ2) is 8.22. The number of nitrogens with one attached hydrogen (secondary N) is 1. The van der Waals surface area contributed by atoms with Gasteiger partial charge in [0.15, 0.2) is 0 Å².